The third-order valence-corrected chi connectivity index (χ3v) is 3.04. The molecule has 0 unspecified atom stereocenters. The molecule has 6 N–H and O–H groups in total. The summed E-state index contributed by atoms with van der Waals surface area (Å²) in [7, 11) is 0. The molecule has 0 radical (unpaired) electrons. The lowest BCUT2D eigenvalue weighted by atomic mass is 9.93. The van der Waals surface area contributed by atoms with E-state index < -0.39 is 17.5 Å². The van der Waals surface area contributed by atoms with Crippen molar-refractivity contribution in [2.24, 2.45) is 11.5 Å². The van der Waals surface area contributed by atoms with Crippen LogP contribution in [-0.4, -0.2) is 34.2 Å². The van der Waals surface area contributed by atoms with Crippen molar-refractivity contribution in [1.82, 2.24) is 0 Å². The van der Waals surface area contributed by atoms with Crippen molar-refractivity contribution in [3.8, 4) is 0 Å². The van der Waals surface area contributed by atoms with Gasteiger partial charge in [0, 0.05) is 0 Å². The molecule has 6 heteroatoms. The topological polar surface area (TPSA) is 127 Å². The van der Waals surface area contributed by atoms with Crippen molar-refractivity contribution in [1.29, 1.82) is 0 Å². The van der Waals surface area contributed by atoms with Gasteiger partial charge in [0.25, 0.3) is 0 Å². The Morgan fingerprint density at radius 3 is 1.61 bits per heavy atom. The molecule has 0 rings (SSSR count). The van der Waals surface area contributed by atoms with Gasteiger partial charge in [0.1, 0.15) is 0 Å². The van der Waals surface area contributed by atoms with E-state index >= 15 is 0 Å². The first-order valence-corrected chi connectivity index (χ1v) is 6.41. The highest BCUT2D eigenvalue weighted by Crippen LogP contribution is 2.15. The van der Waals surface area contributed by atoms with Crippen molar-refractivity contribution in [2.45, 2.75) is 56.9 Å². The molecule has 0 heterocycles. The zero-order valence-electron chi connectivity index (χ0n) is 10.7. The number of carbonyl (C=O) groups is 2. The minimum Gasteiger partial charge on any atom is -0.479 e. The number of aliphatic carboxylic acids is 2. The lowest BCUT2D eigenvalue weighted by molar-refractivity contribution is -0.157. The highest BCUT2D eigenvalue weighted by atomic mass is 16.4. The average molecular weight is 260 g/mol. The molecular formula is C12H24N2O4. The van der Waals surface area contributed by atoms with Crippen LogP contribution in [0.25, 0.3) is 0 Å². The number of carboxylic acid groups (broad SMARTS) is 2. The zero-order chi connectivity index (χ0) is 14.0. The molecular weight excluding hydrogens is 236 g/mol. The summed E-state index contributed by atoms with van der Waals surface area (Å²) in [6.07, 6.45) is 6.60. The van der Waals surface area contributed by atoms with Gasteiger partial charge >= 0.3 is 11.9 Å². The molecule has 0 spiro atoms. The van der Waals surface area contributed by atoms with Crippen molar-refractivity contribution in [3.05, 3.63) is 0 Å². The van der Waals surface area contributed by atoms with Gasteiger partial charge in [-0.1, -0.05) is 38.5 Å². The fourth-order valence-corrected chi connectivity index (χ4v) is 1.74. The van der Waals surface area contributed by atoms with Gasteiger partial charge in [0.15, 0.2) is 0 Å². The van der Waals surface area contributed by atoms with Crippen LogP contribution in [0.1, 0.15) is 51.4 Å². The fourth-order valence-electron chi connectivity index (χ4n) is 1.74. The SMILES string of the molecule is NCCCCCCCCCC(N)(C(=O)O)C(=O)O. The minimum atomic E-state index is -2.14. The molecule has 0 amide bonds. The van der Waals surface area contributed by atoms with Crippen molar-refractivity contribution >= 4 is 11.9 Å². The lowest BCUT2D eigenvalue weighted by Crippen LogP contribution is -2.54. The summed E-state index contributed by atoms with van der Waals surface area (Å²) >= 11 is 0. The van der Waals surface area contributed by atoms with Crippen LogP contribution >= 0.6 is 0 Å². The summed E-state index contributed by atoms with van der Waals surface area (Å²) in [5.41, 5.74) is 8.58. The smallest absolute Gasteiger partial charge is 0.335 e. The monoisotopic (exact) mass is 260 g/mol. The van der Waals surface area contributed by atoms with Crippen LogP contribution < -0.4 is 11.5 Å². The molecule has 0 atom stereocenters. The second-order valence-corrected chi connectivity index (χ2v) is 4.60. The molecule has 0 aromatic carbocycles. The van der Waals surface area contributed by atoms with Gasteiger partial charge in [-0.2, -0.15) is 0 Å². The Labute approximate surface area is 107 Å². The lowest BCUT2D eigenvalue weighted by Gasteiger charge is -2.19. The van der Waals surface area contributed by atoms with Gasteiger partial charge in [-0.05, 0) is 19.4 Å². The summed E-state index contributed by atoms with van der Waals surface area (Å²) in [5, 5.41) is 17.6. The summed E-state index contributed by atoms with van der Waals surface area (Å²) in [5.74, 6) is -2.95. The maximum atomic E-state index is 10.8. The molecule has 0 aliphatic rings. The highest BCUT2D eigenvalue weighted by molar-refractivity contribution is 6.02. The molecule has 0 aromatic heterocycles. The Bertz CT molecular complexity index is 255. The molecule has 0 saturated carbocycles. The number of carboxylic acids is 2. The van der Waals surface area contributed by atoms with Crippen LogP contribution in [0.4, 0.5) is 0 Å². The minimum absolute atomic E-state index is 0.0273. The Morgan fingerprint density at radius 2 is 1.22 bits per heavy atom. The van der Waals surface area contributed by atoms with E-state index in [-0.39, 0.29) is 6.42 Å². The van der Waals surface area contributed by atoms with Gasteiger partial charge < -0.3 is 21.7 Å². The maximum absolute atomic E-state index is 10.8. The Morgan fingerprint density at radius 1 is 0.833 bits per heavy atom. The predicted octanol–water partition coefficient (Wildman–Crippen LogP) is 0.933. The number of hydrogen-bond donors (Lipinski definition) is 4. The average Bonchev–Trinajstić information content (AvgIpc) is 2.31. The van der Waals surface area contributed by atoms with E-state index in [9.17, 15) is 9.59 Å². The summed E-state index contributed by atoms with van der Waals surface area (Å²) < 4.78 is 0. The molecule has 0 aliphatic carbocycles. The van der Waals surface area contributed by atoms with E-state index in [1.54, 1.807) is 0 Å². The Kier molecular flexibility index (Phi) is 8.32. The molecule has 0 bridgehead atoms. The second kappa shape index (κ2) is 8.88. The molecule has 0 fully saturated rings. The third kappa shape index (κ3) is 5.97. The van der Waals surface area contributed by atoms with Crippen LogP contribution in [0, 0.1) is 0 Å². The Balaban J connectivity index is 3.70. The standard InChI is InChI=1S/C12H24N2O4/c13-9-7-5-3-1-2-4-6-8-12(14,10(15)16)11(17)18/h1-9,13-14H2,(H,15,16)(H,17,18). The van der Waals surface area contributed by atoms with E-state index in [4.69, 9.17) is 21.7 Å². The number of unbranched alkanes of at least 4 members (excludes halogenated alkanes) is 6. The number of hydrogen-bond acceptors (Lipinski definition) is 4. The number of nitrogens with two attached hydrogens (primary N) is 2. The van der Waals surface area contributed by atoms with Crippen molar-refractivity contribution < 1.29 is 19.8 Å². The molecule has 106 valence electrons. The maximum Gasteiger partial charge on any atom is 0.335 e. The van der Waals surface area contributed by atoms with Crippen LogP contribution in [0.3, 0.4) is 0 Å². The van der Waals surface area contributed by atoms with Gasteiger partial charge in [-0.15, -0.1) is 0 Å². The van der Waals surface area contributed by atoms with Crippen LogP contribution in [0.5, 0.6) is 0 Å². The fraction of sp³-hybridized carbons (Fsp3) is 0.833. The Hall–Kier alpha value is -1.14. The zero-order valence-corrected chi connectivity index (χ0v) is 10.7. The van der Waals surface area contributed by atoms with Crippen LogP contribution in [-0.2, 0) is 9.59 Å². The van der Waals surface area contributed by atoms with Crippen molar-refractivity contribution in [2.75, 3.05) is 6.54 Å². The predicted molar refractivity (Wildman–Crippen MR) is 68.2 cm³/mol. The number of rotatable bonds is 11. The largest absolute Gasteiger partial charge is 0.479 e. The van der Waals surface area contributed by atoms with E-state index in [0.717, 1.165) is 38.5 Å². The normalized spacial score (nSPS) is 11.4. The molecule has 6 nitrogen and oxygen atoms in total. The second-order valence-electron chi connectivity index (χ2n) is 4.60. The summed E-state index contributed by atoms with van der Waals surface area (Å²) in [6.45, 7) is 0.715. The van der Waals surface area contributed by atoms with E-state index in [0.29, 0.717) is 13.0 Å². The van der Waals surface area contributed by atoms with E-state index in [1.165, 1.54) is 0 Å². The molecule has 18 heavy (non-hydrogen) atoms. The molecule has 0 aromatic rings. The third-order valence-electron chi connectivity index (χ3n) is 3.04. The van der Waals surface area contributed by atoms with Gasteiger partial charge in [0.05, 0.1) is 0 Å². The van der Waals surface area contributed by atoms with Gasteiger partial charge in [-0.3, -0.25) is 0 Å². The van der Waals surface area contributed by atoms with Gasteiger partial charge in [0.2, 0.25) is 5.54 Å². The molecule has 0 saturated heterocycles. The summed E-state index contributed by atoms with van der Waals surface area (Å²) in [6, 6.07) is 0. The first kappa shape index (κ1) is 16.9. The van der Waals surface area contributed by atoms with Crippen molar-refractivity contribution in [3.63, 3.8) is 0 Å². The summed E-state index contributed by atoms with van der Waals surface area (Å²) in [4.78, 5) is 21.6. The quantitative estimate of drug-likeness (QED) is 0.323. The van der Waals surface area contributed by atoms with E-state index in [2.05, 4.69) is 0 Å². The van der Waals surface area contributed by atoms with E-state index in [1.807, 2.05) is 0 Å². The first-order valence-electron chi connectivity index (χ1n) is 6.41. The van der Waals surface area contributed by atoms with Crippen LogP contribution in [0.15, 0.2) is 0 Å². The highest BCUT2D eigenvalue weighted by Gasteiger charge is 2.41. The van der Waals surface area contributed by atoms with Gasteiger partial charge in [-0.25, -0.2) is 9.59 Å². The molecule has 0 aliphatic heterocycles. The first-order chi connectivity index (χ1) is 8.45. The van der Waals surface area contributed by atoms with Crippen LogP contribution in [0.2, 0.25) is 0 Å².